The first-order valence-corrected chi connectivity index (χ1v) is 7.54. The third kappa shape index (κ3) is 2.20. The molecule has 1 fully saturated rings. The fraction of sp³-hybridized carbons (Fsp3) is 0.500. The van der Waals surface area contributed by atoms with Crippen molar-refractivity contribution in [2.45, 2.75) is 35.8 Å². The number of halogens is 1. The highest BCUT2D eigenvalue weighted by atomic mass is 79.9. The standard InChI is InChI=1S/C14H16BrNO7/c15-23-12-11(19)14(21,10(18)9(5-17)22-12)13(20)6-16-8-4-2-1-3-7(8)13/h1-4,6,9-12,17-21H,5H2/t9-,10-,11-,12-,13?,14+/m1/s1. The molecule has 1 unspecified atom stereocenters. The van der Waals surface area contributed by atoms with E-state index < -0.39 is 42.4 Å². The summed E-state index contributed by atoms with van der Waals surface area (Å²) in [4.78, 5) is 4.03. The van der Waals surface area contributed by atoms with Gasteiger partial charge in [-0.05, 0) is 6.07 Å². The lowest BCUT2D eigenvalue weighted by molar-refractivity contribution is -0.340. The van der Waals surface area contributed by atoms with Gasteiger partial charge >= 0.3 is 0 Å². The van der Waals surface area contributed by atoms with Gasteiger partial charge in [0.15, 0.2) is 17.5 Å². The molecule has 8 nitrogen and oxygen atoms in total. The van der Waals surface area contributed by atoms with E-state index >= 15 is 0 Å². The maximum Gasteiger partial charge on any atom is 0.200 e. The molecule has 6 atom stereocenters. The molecule has 126 valence electrons. The minimum atomic E-state index is -2.52. The predicted octanol–water partition coefficient (Wildman–Crippen LogP) is -0.913. The Labute approximate surface area is 140 Å². The van der Waals surface area contributed by atoms with E-state index in [0.29, 0.717) is 5.69 Å². The fourth-order valence-electron chi connectivity index (χ4n) is 3.11. The molecule has 1 saturated heterocycles. The Morgan fingerprint density at radius 1 is 1.22 bits per heavy atom. The van der Waals surface area contributed by atoms with E-state index in [1.54, 1.807) is 18.2 Å². The van der Waals surface area contributed by atoms with Crippen LogP contribution in [-0.2, 0) is 14.2 Å². The Kier molecular flexibility index (Phi) is 4.32. The van der Waals surface area contributed by atoms with Crippen LogP contribution in [0, 0.1) is 0 Å². The van der Waals surface area contributed by atoms with E-state index in [2.05, 4.69) is 21.3 Å². The largest absolute Gasteiger partial charge is 0.394 e. The zero-order valence-corrected chi connectivity index (χ0v) is 13.4. The molecule has 0 bridgehead atoms. The molecule has 0 aliphatic carbocycles. The summed E-state index contributed by atoms with van der Waals surface area (Å²) >= 11 is 2.66. The van der Waals surface area contributed by atoms with Crippen molar-refractivity contribution in [3.63, 3.8) is 0 Å². The molecule has 0 amide bonds. The van der Waals surface area contributed by atoms with Crippen LogP contribution in [0.3, 0.4) is 0 Å². The van der Waals surface area contributed by atoms with Crippen molar-refractivity contribution in [1.29, 1.82) is 0 Å². The molecular weight excluding hydrogens is 374 g/mol. The molecule has 0 radical (unpaired) electrons. The fourth-order valence-corrected chi connectivity index (χ4v) is 3.40. The molecule has 2 heterocycles. The van der Waals surface area contributed by atoms with Crippen molar-refractivity contribution in [3.05, 3.63) is 29.8 Å². The van der Waals surface area contributed by atoms with Gasteiger partial charge < -0.3 is 30.3 Å². The maximum absolute atomic E-state index is 11.1. The predicted molar refractivity (Wildman–Crippen MR) is 81.2 cm³/mol. The van der Waals surface area contributed by atoms with Crippen LogP contribution in [0.25, 0.3) is 0 Å². The van der Waals surface area contributed by atoms with E-state index in [1.807, 2.05) is 0 Å². The van der Waals surface area contributed by atoms with Crippen LogP contribution >= 0.6 is 16.3 Å². The van der Waals surface area contributed by atoms with E-state index in [4.69, 9.17) is 8.57 Å². The molecule has 0 saturated carbocycles. The molecule has 2 aliphatic heterocycles. The molecule has 2 aliphatic rings. The second-order valence-corrected chi connectivity index (χ2v) is 5.95. The second kappa shape index (κ2) is 5.87. The molecule has 0 aromatic heterocycles. The number of fused-ring (bicyclic) bond motifs is 1. The minimum absolute atomic E-state index is 0.215. The number of hydrogen-bond acceptors (Lipinski definition) is 8. The number of para-hydroxylation sites is 1. The first kappa shape index (κ1) is 16.9. The summed E-state index contributed by atoms with van der Waals surface area (Å²) in [7, 11) is 0. The monoisotopic (exact) mass is 389 g/mol. The first-order valence-electron chi connectivity index (χ1n) is 6.89. The molecule has 9 heteroatoms. The summed E-state index contributed by atoms with van der Waals surface area (Å²) in [6.07, 6.45) is -5.29. The van der Waals surface area contributed by atoms with Gasteiger partial charge in [-0.2, -0.15) is 0 Å². The number of aliphatic hydroxyl groups is 5. The third-order valence-electron chi connectivity index (χ3n) is 4.40. The quantitative estimate of drug-likeness (QED) is 0.451. The molecule has 3 rings (SSSR count). The van der Waals surface area contributed by atoms with Crippen LogP contribution in [0.4, 0.5) is 5.69 Å². The Morgan fingerprint density at radius 3 is 2.57 bits per heavy atom. The summed E-state index contributed by atoms with van der Waals surface area (Å²) in [6.45, 7) is -0.655. The number of benzene rings is 1. The Morgan fingerprint density at radius 2 is 1.91 bits per heavy atom. The van der Waals surface area contributed by atoms with Gasteiger partial charge in [0.2, 0.25) is 0 Å². The zero-order valence-electron chi connectivity index (χ0n) is 11.8. The molecule has 1 aromatic carbocycles. The van der Waals surface area contributed by atoms with E-state index in [-0.39, 0.29) is 5.56 Å². The number of nitrogens with zero attached hydrogens (tertiary/aromatic N) is 1. The highest BCUT2D eigenvalue weighted by Crippen LogP contribution is 2.48. The van der Waals surface area contributed by atoms with Crippen LogP contribution in [0.15, 0.2) is 29.3 Å². The number of hydrogen-bond donors (Lipinski definition) is 5. The molecule has 5 N–H and O–H groups in total. The lowest BCUT2D eigenvalue weighted by Gasteiger charge is -2.52. The van der Waals surface area contributed by atoms with Crippen molar-refractivity contribution in [2.75, 3.05) is 6.61 Å². The number of rotatable bonds is 3. The summed E-state index contributed by atoms with van der Waals surface area (Å²) in [6, 6.07) is 6.46. The summed E-state index contributed by atoms with van der Waals surface area (Å²) in [5.41, 5.74) is -4.10. The summed E-state index contributed by atoms with van der Waals surface area (Å²) in [5, 5.41) is 52.4. The minimum Gasteiger partial charge on any atom is -0.394 e. The smallest absolute Gasteiger partial charge is 0.200 e. The topological polar surface area (TPSA) is 132 Å². The molecular formula is C14H16BrNO7. The third-order valence-corrected chi connectivity index (χ3v) is 4.77. The zero-order chi connectivity index (χ0) is 16.8. The Hall–Kier alpha value is -0.910. The molecule has 23 heavy (non-hydrogen) atoms. The van der Waals surface area contributed by atoms with Crippen LogP contribution in [0.2, 0.25) is 0 Å². The Bertz CT molecular complexity index is 611. The SMILES string of the molecule is OC[C@H]1O[C@H](OBr)[C@@H](O)[C@](O)(C2(O)C=Nc3ccccc32)[C@@H]1O. The number of ether oxygens (including phenoxy) is 1. The van der Waals surface area contributed by atoms with Crippen LogP contribution in [-0.4, -0.2) is 68.6 Å². The molecule has 1 aromatic rings. The normalized spacial score (nSPS) is 42.7. The van der Waals surface area contributed by atoms with Crippen LogP contribution in [0.5, 0.6) is 0 Å². The highest BCUT2D eigenvalue weighted by Gasteiger charge is 2.67. The Balaban J connectivity index is 2.13. The van der Waals surface area contributed by atoms with E-state index in [1.165, 1.54) is 6.07 Å². The number of aliphatic imine (C=N–C) groups is 1. The van der Waals surface area contributed by atoms with Gasteiger partial charge in [0, 0.05) is 11.8 Å². The average Bonchev–Trinajstić information content (AvgIpc) is 2.92. The van der Waals surface area contributed by atoms with Gasteiger partial charge in [-0.3, -0.25) is 8.82 Å². The van der Waals surface area contributed by atoms with E-state index in [0.717, 1.165) is 6.21 Å². The molecule has 0 spiro atoms. The number of aliphatic hydroxyl groups excluding tert-OH is 3. The lowest BCUT2D eigenvalue weighted by atomic mass is 9.69. The highest BCUT2D eigenvalue weighted by molar-refractivity contribution is 9.06. The van der Waals surface area contributed by atoms with Crippen LogP contribution < -0.4 is 0 Å². The van der Waals surface area contributed by atoms with Crippen molar-refractivity contribution >= 4 is 28.2 Å². The van der Waals surface area contributed by atoms with E-state index in [9.17, 15) is 25.5 Å². The summed E-state index contributed by atoms with van der Waals surface area (Å²) in [5.74, 6) is 0. The van der Waals surface area contributed by atoms with Crippen molar-refractivity contribution in [3.8, 4) is 0 Å². The lowest BCUT2D eigenvalue weighted by Crippen LogP contribution is -2.75. The first-order chi connectivity index (χ1) is 10.9. The second-order valence-electron chi connectivity index (χ2n) is 5.57. The van der Waals surface area contributed by atoms with Gasteiger partial charge in [-0.1, -0.05) is 18.2 Å². The van der Waals surface area contributed by atoms with Gasteiger partial charge in [0.05, 0.1) is 12.3 Å². The summed E-state index contributed by atoms with van der Waals surface area (Å²) < 4.78 is 9.94. The van der Waals surface area contributed by atoms with Gasteiger partial charge in [0.1, 0.15) is 34.6 Å². The van der Waals surface area contributed by atoms with Crippen molar-refractivity contribution in [2.24, 2.45) is 4.99 Å². The van der Waals surface area contributed by atoms with Gasteiger partial charge in [0.25, 0.3) is 0 Å². The maximum atomic E-state index is 11.1. The van der Waals surface area contributed by atoms with Crippen molar-refractivity contribution in [1.82, 2.24) is 0 Å². The van der Waals surface area contributed by atoms with Gasteiger partial charge in [-0.25, -0.2) is 0 Å². The van der Waals surface area contributed by atoms with Crippen LogP contribution in [0.1, 0.15) is 5.56 Å². The van der Waals surface area contributed by atoms with Crippen molar-refractivity contribution < 1.29 is 34.1 Å². The average molecular weight is 390 g/mol. The van der Waals surface area contributed by atoms with Gasteiger partial charge in [-0.15, -0.1) is 0 Å².